The van der Waals surface area contributed by atoms with Crippen LogP contribution in [0.1, 0.15) is 37.8 Å². The van der Waals surface area contributed by atoms with E-state index in [4.69, 9.17) is 4.74 Å². The van der Waals surface area contributed by atoms with Crippen molar-refractivity contribution in [1.82, 2.24) is 5.32 Å². The van der Waals surface area contributed by atoms with Gasteiger partial charge in [0, 0.05) is 18.2 Å². The normalized spacial score (nSPS) is 12.2. The van der Waals surface area contributed by atoms with Crippen LogP contribution < -0.4 is 10.1 Å². The second kappa shape index (κ2) is 9.40. The molecule has 0 aliphatic heterocycles. The van der Waals surface area contributed by atoms with Crippen LogP contribution in [0.4, 0.5) is 0 Å². The molecule has 0 unspecified atom stereocenters. The Kier molecular flexibility index (Phi) is 6.68. The molecule has 0 heterocycles. The van der Waals surface area contributed by atoms with Gasteiger partial charge in [-0.25, -0.2) is 0 Å². The molecule has 0 fully saturated rings. The SMILES string of the molecule is CCCOc1ccc2ccccc2c1CN[C@@H](C)CCc1ccccc1. The minimum absolute atomic E-state index is 0.452. The van der Waals surface area contributed by atoms with Crippen molar-refractivity contribution < 1.29 is 4.74 Å². The summed E-state index contributed by atoms with van der Waals surface area (Å²) in [5.41, 5.74) is 2.67. The Morgan fingerprint density at radius 2 is 1.69 bits per heavy atom. The van der Waals surface area contributed by atoms with Gasteiger partial charge in [0.2, 0.25) is 0 Å². The molecule has 26 heavy (non-hydrogen) atoms. The van der Waals surface area contributed by atoms with Crippen LogP contribution in [0.15, 0.2) is 66.7 Å². The first-order chi connectivity index (χ1) is 12.8. The van der Waals surface area contributed by atoms with E-state index in [-0.39, 0.29) is 0 Å². The quantitative estimate of drug-likeness (QED) is 0.533. The second-order valence-corrected chi connectivity index (χ2v) is 6.92. The smallest absolute Gasteiger partial charge is 0.124 e. The maximum atomic E-state index is 6.02. The third-order valence-corrected chi connectivity index (χ3v) is 4.80. The summed E-state index contributed by atoms with van der Waals surface area (Å²) in [6.07, 6.45) is 3.25. The number of ether oxygens (including phenoxy) is 1. The molecule has 3 rings (SSSR count). The zero-order chi connectivity index (χ0) is 18.2. The number of benzene rings is 3. The molecule has 0 radical (unpaired) electrons. The third-order valence-electron chi connectivity index (χ3n) is 4.80. The van der Waals surface area contributed by atoms with E-state index in [2.05, 4.69) is 85.9 Å². The lowest BCUT2D eigenvalue weighted by Gasteiger charge is -2.18. The summed E-state index contributed by atoms with van der Waals surface area (Å²) in [6.45, 7) is 6.00. The molecule has 2 heteroatoms. The molecule has 3 aromatic carbocycles. The Bertz CT molecular complexity index is 813. The number of rotatable bonds is 9. The molecule has 1 N–H and O–H groups in total. The van der Waals surface area contributed by atoms with E-state index in [1.807, 2.05) is 0 Å². The lowest BCUT2D eigenvalue weighted by atomic mass is 10.0. The average Bonchev–Trinajstić information content (AvgIpc) is 2.70. The van der Waals surface area contributed by atoms with Crippen molar-refractivity contribution in [2.45, 2.75) is 45.7 Å². The lowest BCUT2D eigenvalue weighted by Crippen LogP contribution is -2.26. The molecule has 1 atom stereocenters. The minimum Gasteiger partial charge on any atom is -0.493 e. The molecule has 2 nitrogen and oxygen atoms in total. The molecular formula is C24H29NO. The van der Waals surface area contributed by atoms with Crippen LogP contribution in [-0.2, 0) is 13.0 Å². The minimum atomic E-state index is 0.452. The summed E-state index contributed by atoms with van der Waals surface area (Å²) < 4.78 is 6.02. The van der Waals surface area contributed by atoms with Crippen molar-refractivity contribution in [2.75, 3.05) is 6.61 Å². The van der Waals surface area contributed by atoms with E-state index >= 15 is 0 Å². The van der Waals surface area contributed by atoms with Crippen molar-refractivity contribution >= 4 is 10.8 Å². The molecule has 0 spiro atoms. The number of nitrogens with one attached hydrogen (secondary N) is 1. The summed E-state index contributed by atoms with van der Waals surface area (Å²) in [7, 11) is 0. The first-order valence-electron chi connectivity index (χ1n) is 9.68. The summed E-state index contributed by atoms with van der Waals surface area (Å²) in [4.78, 5) is 0. The van der Waals surface area contributed by atoms with Gasteiger partial charge in [-0.05, 0) is 48.6 Å². The zero-order valence-corrected chi connectivity index (χ0v) is 15.9. The van der Waals surface area contributed by atoms with Crippen molar-refractivity contribution in [2.24, 2.45) is 0 Å². The number of hydrogen-bond donors (Lipinski definition) is 1. The van der Waals surface area contributed by atoms with Crippen LogP contribution in [0.2, 0.25) is 0 Å². The molecular weight excluding hydrogens is 318 g/mol. The Labute approximate surface area is 157 Å². The first kappa shape index (κ1) is 18.5. The molecule has 136 valence electrons. The monoisotopic (exact) mass is 347 g/mol. The molecule has 0 bridgehead atoms. The van der Waals surface area contributed by atoms with E-state index < -0.39 is 0 Å². The van der Waals surface area contributed by atoms with Gasteiger partial charge in [0.15, 0.2) is 0 Å². The van der Waals surface area contributed by atoms with Crippen molar-refractivity contribution in [1.29, 1.82) is 0 Å². The predicted molar refractivity (Wildman–Crippen MR) is 111 cm³/mol. The molecule has 0 amide bonds. The van der Waals surface area contributed by atoms with Crippen LogP contribution in [0.25, 0.3) is 10.8 Å². The Hall–Kier alpha value is -2.32. The van der Waals surface area contributed by atoms with E-state index in [1.54, 1.807) is 0 Å². The van der Waals surface area contributed by atoms with E-state index in [0.717, 1.165) is 38.2 Å². The summed E-state index contributed by atoms with van der Waals surface area (Å²) >= 11 is 0. The van der Waals surface area contributed by atoms with Crippen LogP contribution in [0.3, 0.4) is 0 Å². The summed E-state index contributed by atoms with van der Waals surface area (Å²) in [5, 5.41) is 6.25. The van der Waals surface area contributed by atoms with E-state index in [9.17, 15) is 0 Å². The lowest BCUT2D eigenvalue weighted by molar-refractivity contribution is 0.313. The zero-order valence-electron chi connectivity index (χ0n) is 15.9. The van der Waals surface area contributed by atoms with Gasteiger partial charge in [0.25, 0.3) is 0 Å². The third kappa shape index (κ3) is 4.86. The number of fused-ring (bicyclic) bond motifs is 1. The van der Waals surface area contributed by atoms with Gasteiger partial charge in [-0.2, -0.15) is 0 Å². The molecule has 0 saturated carbocycles. The highest BCUT2D eigenvalue weighted by Gasteiger charge is 2.10. The average molecular weight is 348 g/mol. The fourth-order valence-corrected chi connectivity index (χ4v) is 3.25. The van der Waals surface area contributed by atoms with Gasteiger partial charge in [-0.1, -0.05) is 67.6 Å². The van der Waals surface area contributed by atoms with E-state index in [0.29, 0.717) is 6.04 Å². The molecule has 0 aliphatic rings. The highest BCUT2D eigenvalue weighted by atomic mass is 16.5. The van der Waals surface area contributed by atoms with Crippen LogP contribution in [0.5, 0.6) is 5.75 Å². The standard InChI is InChI=1S/C24H29NO/c1-3-17-26-24-16-15-21-11-7-8-12-22(21)23(24)18-25-19(2)13-14-20-9-5-4-6-10-20/h4-12,15-16,19,25H,3,13-14,17-18H2,1-2H3/t19-/m0/s1. The maximum Gasteiger partial charge on any atom is 0.124 e. The summed E-state index contributed by atoms with van der Waals surface area (Å²) in [6, 6.07) is 24.0. The molecule has 0 saturated heterocycles. The maximum absolute atomic E-state index is 6.02. The van der Waals surface area contributed by atoms with E-state index in [1.165, 1.54) is 21.9 Å². The first-order valence-corrected chi connectivity index (χ1v) is 9.68. The largest absolute Gasteiger partial charge is 0.493 e. The Balaban J connectivity index is 1.68. The van der Waals surface area contributed by atoms with Crippen molar-refractivity contribution in [3.8, 4) is 5.75 Å². The van der Waals surface area contributed by atoms with Crippen LogP contribution >= 0.6 is 0 Å². The second-order valence-electron chi connectivity index (χ2n) is 6.92. The van der Waals surface area contributed by atoms with Crippen molar-refractivity contribution in [3.05, 3.63) is 77.9 Å². The van der Waals surface area contributed by atoms with Crippen LogP contribution in [-0.4, -0.2) is 12.6 Å². The van der Waals surface area contributed by atoms with Gasteiger partial charge in [-0.15, -0.1) is 0 Å². The van der Waals surface area contributed by atoms with Crippen LogP contribution in [0, 0.1) is 0 Å². The van der Waals surface area contributed by atoms with Gasteiger partial charge in [0.05, 0.1) is 6.61 Å². The predicted octanol–water partition coefficient (Wildman–Crippen LogP) is 5.74. The number of hydrogen-bond acceptors (Lipinski definition) is 2. The van der Waals surface area contributed by atoms with Gasteiger partial charge >= 0.3 is 0 Å². The molecule has 0 aliphatic carbocycles. The Morgan fingerprint density at radius 3 is 2.50 bits per heavy atom. The molecule has 3 aromatic rings. The topological polar surface area (TPSA) is 21.3 Å². The van der Waals surface area contributed by atoms with Crippen molar-refractivity contribution in [3.63, 3.8) is 0 Å². The van der Waals surface area contributed by atoms with Gasteiger partial charge in [0.1, 0.15) is 5.75 Å². The number of aryl methyl sites for hydroxylation is 1. The fraction of sp³-hybridized carbons (Fsp3) is 0.333. The highest BCUT2D eigenvalue weighted by Crippen LogP contribution is 2.28. The summed E-state index contributed by atoms with van der Waals surface area (Å²) in [5.74, 6) is 1.01. The Morgan fingerprint density at radius 1 is 0.923 bits per heavy atom. The molecule has 0 aromatic heterocycles. The highest BCUT2D eigenvalue weighted by molar-refractivity contribution is 5.87. The fourth-order valence-electron chi connectivity index (χ4n) is 3.25. The van der Waals surface area contributed by atoms with Gasteiger partial charge in [-0.3, -0.25) is 0 Å². The van der Waals surface area contributed by atoms with Gasteiger partial charge < -0.3 is 10.1 Å².